The second-order valence-electron chi connectivity index (χ2n) is 7.39. The van der Waals surface area contributed by atoms with E-state index in [1.807, 2.05) is 29.3 Å². The van der Waals surface area contributed by atoms with Gasteiger partial charge >= 0.3 is 0 Å². The molecule has 3 heterocycles. The summed E-state index contributed by atoms with van der Waals surface area (Å²) in [6.45, 7) is 5.14. The number of ether oxygens (including phenoxy) is 1. The molecule has 0 aliphatic carbocycles. The van der Waals surface area contributed by atoms with Gasteiger partial charge in [-0.05, 0) is 18.4 Å². The number of piperidine rings is 1. The van der Waals surface area contributed by atoms with Crippen LogP contribution in [0.15, 0.2) is 40.9 Å². The molecule has 6 heteroatoms. The van der Waals surface area contributed by atoms with Crippen molar-refractivity contribution < 1.29 is 13.9 Å². The van der Waals surface area contributed by atoms with Gasteiger partial charge in [0.25, 0.3) is 0 Å². The second-order valence-corrected chi connectivity index (χ2v) is 7.39. The fourth-order valence-corrected chi connectivity index (χ4v) is 3.85. The third kappa shape index (κ3) is 4.76. The fourth-order valence-electron chi connectivity index (χ4n) is 3.85. The van der Waals surface area contributed by atoms with Crippen molar-refractivity contribution >= 4 is 5.91 Å². The Bertz CT molecular complexity index is 740. The summed E-state index contributed by atoms with van der Waals surface area (Å²) in [6.07, 6.45) is 4.60. The largest absolute Gasteiger partial charge is 0.445 e. The summed E-state index contributed by atoms with van der Waals surface area (Å²) in [5.41, 5.74) is 1.21. The van der Waals surface area contributed by atoms with Crippen LogP contribution < -0.4 is 0 Å². The molecule has 1 atom stereocenters. The highest BCUT2D eigenvalue weighted by Gasteiger charge is 2.28. The Kier molecular flexibility index (Phi) is 5.84. The molecule has 0 unspecified atom stereocenters. The van der Waals surface area contributed by atoms with Gasteiger partial charge in [0.1, 0.15) is 5.76 Å². The Hall–Kier alpha value is -2.18. The zero-order chi connectivity index (χ0) is 18.5. The molecule has 27 heavy (non-hydrogen) atoms. The van der Waals surface area contributed by atoms with Gasteiger partial charge in [0.2, 0.25) is 5.91 Å². The van der Waals surface area contributed by atoms with E-state index in [1.165, 1.54) is 5.56 Å². The van der Waals surface area contributed by atoms with Crippen molar-refractivity contribution in [1.82, 2.24) is 14.8 Å². The van der Waals surface area contributed by atoms with Gasteiger partial charge in [-0.25, -0.2) is 4.98 Å². The summed E-state index contributed by atoms with van der Waals surface area (Å²) in [4.78, 5) is 21.4. The molecule has 2 aliphatic heterocycles. The Morgan fingerprint density at radius 1 is 1.15 bits per heavy atom. The predicted molar refractivity (Wildman–Crippen MR) is 102 cm³/mol. The molecule has 2 aliphatic rings. The molecule has 1 aromatic carbocycles. The topological polar surface area (TPSA) is 58.8 Å². The first-order chi connectivity index (χ1) is 13.3. The van der Waals surface area contributed by atoms with Crippen molar-refractivity contribution in [3.8, 4) is 0 Å². The minimum Gasteiger partial charge on any atom is -0.445 e. The van der Waals surface area contributed by atoms with Crippen molar-refractivity contribution in [3.63, 3.8) is 0 Å². The number of amides is 1. The van der Waals surface area contributed by atoms with Gasteiger partial charge < -0.3 is 14.1 Å². The van der Waals surface area contributed by atoms with Gasteiger partial charge in [-0.15, -0.1) is 0 Å². The van der Waals surface area contributed by atoms with Gasteiger partial charge in [0.05, 0.1) is 31.9 Å². The number of aromatic nitrogens is 1. The van der Waals surface area contributed by atoms with E-state index in [1.54, 1.807) is 0 Å². The van der Waals surface area contributed by atoms with Gasteiger partial charge in [-0.1, -0.05) is 30.3 Å². The maximum atomic E-state index is 12.7. The lowest BCUT2D eigenvalue weighted by Crippen LogP contribution is -2.47. The standard InChI is InChI=1S/C21H27N3O3/c25-20(16-23-9-11-26-12-10-23)24-8-4-7-18(15-24)21-22-14-19(27-21)13-17-5-2-1-3-6-17/h1-3,5-6,14,18H,4,7-13,15-16H2/t18-/m0/s1. The highest BCUT2D eigenvalue weighted by Crippen LogP contribution is 2.27. The zero-order valence-corrected chi connectivity index (χ0v) is 15.7. The zero-order valence-electron chi connectivity index (χ0n) is 15.7. The summed E-state index contributed by atoms with van der Waals surface area (Å²) in [5, 5.41) is 0. The normalized spacial score (nSPS) is 21.3. The van der Waals surface area contributed by atoms with Crippen molar-refractivity contribution in [2.75, 3.05) is 45.9 Å². The third-order valence-corrected chi connectivity index (χ3v) is 5.38. The first kappa shape index (κ1) is 18.2. The Balaban J connectivity index is 1.34. The quantitative estimate of drug-likeness (QED) is 0.809. The average Bonchev–Trinajstić information content (AvgIpc) is 3.18. The van der Waals surface area contributed by atoms with Gasteiger partial charge in [0.15, 0.2) is 5.89 Å². The number of hydrogen-bond acceptors (Lipinski definition) is 5. The van der Waals surface area contributed by atoms with Crippen LogP contribution >= 0.6 is 0 Å². The summed E-state index contributed by atoms with van der Waals surface area (Å²) in [6, 6.07) is 10.3. The molecule has 144 valence electrons. The van der Waals surface area contributed by atoms with Crippen LogP contribution in [0, 0.1) is 0 Å². The SMILES string of the molecule is O=C(CN1CCOCC1)N1CCC[C@H](c2ncc(Cc3ccccc3)o2)C1. The lowest BCUT2D eigenvalue weighted by atomic mass is 9.98. The second kappa shape index (κ2) is 8.67. The Morgan fingerprint density at radius 2 is 1.96 bits per heavy atom. The van der Waals surface area contributed by atoms with Crippen LogP contribution in [0.25, 0.3) is 0 Å². The highest BCUT2D eigenvalue weighted by molar-refractivity contribution is 5.78. The van der Waals surface area contributed by atoms with E-state index in [2.05, 4.69) is 22.0 Å². The van der Waals surface area contributed by atoms with Crippen LogP contribution in [0.3, 0.4) is 0 Å². The summed E-state index contributed by atoms with van der Waals surface area (Å²) < 4.78 is 11.4. The van der Waals surface area contributed by atoms with E-state index >= 15 is 0 Å². The van der Waals surface area contributed by atoms with Crippen LogP contribution in [-0.4, -0.2) is 66.6 Å². The molecule has 0 bridgehead atoms. The van der Waals surface area contributed by atoms with E-state index < -0.39 is 0 Å². The molecular weight excluding hydrogens is 342 g/mol. The maximum Gasteiger partial charge on any atom is 0.236 e. The molecule has 4 rings (SSSR count). The number of rotatable bonds is 5. The number of carbonyl (C=O) groups is 1. The minimum atomic E-state index is 0.192. The monoisotopic (exact) mass is 369 g/mol. The average molecular weight is 369 g/mol. The van der Waals surface area contributed by atoms with E-state index in [4.69, 9.17) is 9.15 Å². The van der Waals surface area contributed by atoms with Gasteiger partial charge in [-0.3, -0.25) is 9.69 Å². The molecule has 0 radical (unpaired) electrons. The predicted octanol–water partition coefficient (Wildman–Crippen LogP) is 2.30. The molecule has 2 fully saturated rings. The van der Waals surface area contributed by atoms with Crippen LogP contribution in [0.1, 0.15) is 36.0 Å². The first-order valence-electron chi connectivity index (χ1n) is 9.84. The molecule has 1 aromatic heterocycles. The number of nitrogens with zero attached hydrogens (tertiary/aromatic N) is 3. The van der Waals surface area contributed by atoms with E-state index in [9.17, 15) is 4.79 Å². The molecule has 2 saturated heterocycles. The van der Waals surface area contributed by atoms with Gasteiger partial charge in [0, 0.05) is 32.6 Å². The number of likely N-dealkylation sites (tertiary alicyclic amines) is 1. The number of carbonyl (C=O) groups excluding carboxylic acids is 1. The molecule has 0 spiro atoms. The summed E-state index contributed by atoms with van der Waals surface area (Å²) in [5.74, 6) is 2.05. The lowest BCUT2D eigenvalue weighted by molar-refractivity contribution is -0.134. The number of hydrogen-bond donors (Lipinski definition) is 0. The van der Waals surface area contributed by atoms with Crippen molar-refractivity contribution in [3.05, 3.63) is 53.7 Å². The Morgan fingerprint density at radius 3 is 2.78 bits per heavy atom. The van der Waals surface area contributed by atoms with E-state index in [-0.39, 0.29) is 11.8 Å². The van der Waals surface area contributed by atoms with Crippen molar-refractivity contribution in [2.45, 2.75) is 25.2 Å². The van der Waals surface area contributed by atoms with E-state index in [0.29, 0.717) is 13.1 Å². The third-order valence-electron chi connectivity index (χ3n) is 5.38. The maximum absolute atomic E-state index is 12.7. The molecule has 1 amide bonds. The summed E-state index contributed by atoms with van der Waals surface area (Å²) >= 11 is 0. The first-order valence-corrected chi connectivity index (χ1v) is 9.84. The highest BCUT2D eigenvalue weighted by atomic mass is 16.5. The molecular formula is C21H27N3O3. The van der Waals surface area contributed by atoms with Crippen LogP contribution in [0.4, 0.5) is 0 Å². The molecule has 2 aromatic rings. The lowest BCUT2D eigenvalue weighted by Gasteiger charge is -2.34. The molecule has 6 nitrogen and oxygen atoms in total. The smallest absolute Gasteiger partial charge is 0.236 e. The molecule has 0 N–H and O–H groups in total. The Labute approximate surface area is 160 Å². The fraction of sp³-hybridized carbons (Fsp3) is 0.524. The van der Waals surface area contributed by atoms with Crippen molar-refractivity contribution in [2.24, 2.45) is 0 Å². The number of oxazole rings is 1. The van der Waals surface area contributed by atoms with E-state index in [0.717, 1.165) is 63.8 Å². The summed E-state index contributed by atoms with van der Waals surface area (Å²) in [7, 11) is 0. The van der Waals surface area contributed by atoms with Crippen LogP contribution in [0.2, 0.25) is 0 Å². The van der Waals surface area contributed by atoms with Crippen LogP contribution in [-0.2, 0) is 16.0 Å². The minimum absolute atomic E-state index is 0.192. The number of benzene rings is 1. The van der Waals surface area contributed by atoms with Gasteiger partial charge in [-0.2, -0.15) is 0 Å². The van der Waals surface area contributed by atoms with Crippen LogP contribution in [0.5, 0.6) is 0 Å². The van der Waals surface area contributed by atoms with Crippen molar-refractivity contribution in [1.29, 1.82) is 0 Å². The molecule has 0 saturated carbocycles. The number of morpholine rings is 1.